The maximum absolute atomic E-state index is 4.21. The van der Waals surface area contributed by atoms with Crippen molar-refractivity contribution < 1.29 is 0 Å². The minimum atomic E-state index is 0.886. The molecule has 1 aliphatic rings. The Hall–Kier alpha value is -1.38. The van der Waals surface area contributed by atoms with E-state index in [-0.39, 0.29) is 0 Å². The molecule has 0 atom stereocenters. The number of aromatic nitrogens is 1. The van der Waals surface area contributed by atoms with Gasteiger partial charge in [-0.1, -0.05) is 0 Å². The van der Waals surface area contributed by atoms with Gasteiger partial charge in [0.25, 0.3) is 0 Å². The summed E-state index contributed by atoms with van der Waals surface area (Å²) in [6.07, 6.45) is 5.46. The van der Waals surface area contributed by atoms with E-state index in [0.29, 0.717) is 0 Å². The van der Waals surface area contributed by atoms with Crippen molar-refractivity contribution >= 4 is 17.6 Å². The molecular weight excluding hydrogens is 138 g/mol. The van der Waals surface area contributed by atoms with Crippen molar-refractivity contribution in [3.63, 3.8) is 0 Å². The Bertz CT molecular complexity index is 293. The third kappa shape index (κ3) is 0.981. The van der Waals surface area contributed by atoms with E-state index in [0.717, 1.165) is 17.9 Å². The van der Waals surface area contributed by atoms with Gasteiger partial charge >= 0.3 is 0 Å². The van der Waals surface area contributed by atoms with Gasteiger partial charge in [-0.2, -0.15) is 0 Å². The standard InChI is InChI=1S/C8H9N3/c1-11-5-4-10-7-6-9-3-2-8(7)11/h2-4,6H,5H2,1H3. The second kappa shape index (κ2) is 2.34. The summed E-state index contributed by atoms with van der Waals surface area (Å²) >= 11 is 0. The number of anilines is 1. The average Bonchev–Trinajstić information content (AvgIpc) is 2.06. The molecule has 1 aromatic rings. The van der Waals surface area contributed by atoms with Crippen LogP contribution in [-0.2, 0) is 0 Å². The molecule has 0 saturated heterocycles. The minimum Gasteiger partial charge on any atom is -0.367 e. The third-order valence-electron chi connectivity index (χ3n) is 1.77. The molecule has 0 saturated carbocycles. The molecule has 11 heavy (non-hydrogen) atoms. The van der Waals surface area contributed by atoms with E-state index < -0.39 is 0 Å². The van der Waals surface area contributed by atoms with Crippen LogP contribution in [0.15, 0.2) is 23.5 Å². The van der Waals surface area contributed by atoms with Crippen molar-refractivity contribution in [1.82, 2.24) is 4.98 Å². The van der Waals surface area contributed by atoms with Gasteiger partial charge in [-0.3, -0.25) is 9.98 Å². The van der Waals surface area contributed by atoms with Crippen LogP contribution >= 0.6 is 0 Å². The Morgan fingerprint density at radius 3 is 3.27 bits per heavy atom. The van der Waals surface area contributed by atoms with Crippen LogP contribution < -0.4 is 4.90 Å². The molecule has 3 nitrogen and oxygen atoms in total. The van der Waals surface area contributed by atoms with Crippen molar-refractivity contribution in [3.8, 4) is 0 Å². The van der Waals surface area contributed by atoms with E-state index in [1.165, 1.54) is 0 Å². The van der Waals surface area contributed by atoms with Gasteiger partial charge in [0.05, 0.1) is 18.4 Å². The van der Waals surface area contributed by atoms with Crippen molar-refractivity contribution in [1.29, 1.82) is 0 Å². The van der Waals surface area contributed by atoms with Crippen LogP contribution in [0.4, 0.5) is 11.4 Å². The molecule has 0 N–H and O–H groups in total. The molecule has 2 heterocycles. The van der Waals surface area contributed by atoms with Crippen LogP contribution in [0.1, 0.15) is 0 Å². The van der Waals surface area contributed by atoms with Crippen LogP contribution in [0.25, 0.3) is 0 Å². The lowest BCUT2D eigenvalue weighted by Gasteiger charge is -2.21. The van der Waals surface area contributed by atoms with E-state index in [9.17, 15) is 0 Å². The Morgan fingerprint density at radius 2 is 2.45 bits per heavy atom. The summed E-state index contributed by atoms with van der Waals surface area (Å²) < 4.78 is 0. The van der Waals surface area contributed by atoms with Crippen molar-refractivity contribution in [3.05, 3.63) is 18.5 Å². The maximum atomic E-state index is 4.21. The van der Waals surface area contributed by atoms with E-state index in [4.69, 9.17) is 0 Å². The predicted molar refractivity (Wildman–Crippen MR) is 45.7 cm³/mol. The lowest BCUT2D eigenvalue weighted by molar-refractivity contribution is 1.04. The van der Waals surface area contributed by atoms with E-state index in [1.54, 1.807) is 12.4 Å². The fraction of sp³-hybridized carbons (Fsp3) is 0.250. The van der Waals surface area contributed by atoms with Crippen LogP contribution in [0, 0.1) is 0 Å². The summed E-state index contributed by atoms with van der Waals surface area (Å²) in [5.41, 5.74) is 2.11. The first kappa shape index (κ1) is 6.34. The summed E-state index contributed by atoms with van der Waals surface area (Å²) in [5, 5.41) is 0. The molecule has 1 aromatic heterocycles. The maximum Gasteiger partial charge on any atom is 0.104 e. The molecule has 0 aliphatic carbocycles. The molecule has 3 heteroatoms. The minimum absolute atomic E-state index is 0.886. The highest BCUT2D eigenvalue weighted by Crippen LogP contribution is 2.27. The molecule has 56 valence electrons. The average molecular weight is 147 g/mol. The van der Waals surface area contributed by atoms with Gasteiger partial charge < -0.3 is 4.90 Å². The molecule has 0 spiro atoms. The number of nitrogens with zero attached hydrogens (tertiary/aromatic N) is 3. The summed E-state index contributed by atoms with van der Waals surface area (Å²) in [5.74, 6) is 0. The van der Waals surface area contributed by atoms with Gasteiger partial charge in [0, 0.05) is 19.5 Å². The molecule has 0 aromatic carbocycles. The Balaban J connectivity index is 2.54. The SMILES string of the molecule is CN1CC=Nc2cnccc21. The molecule has 0 unspecified atom stereocenters. The van der Waals surface area contributed by atoms with Gasteiger partial charge in [0.2, 0.25) is 0 Å². The topological polar surface area (TPSA) is 28.5 Å². The first-order valence-corrected chi connectivity index (χ1v) is 3.55. The smallest absolute Gasteiger partial charge is 0.104 e. The van der Waals surface area contributed by atoms with Crippen LogP contribution in [-0.4, -0.2) is 24.8 Å². The number of hydrogen-bond acceptors (Lipinski definition) is 3. The van der Waals surface area contributed by atoms with Crippen molar-refractivity contribution in [2.24, 2.45) is 4.99 Å². The van der Waals surface area contributed by atoms with E-state index in [1.807, 2.05) is 19.3 Å². The monoisotopic (exact) mass is 147 g/mol. The number of fused-ring (bicyclic) bond motifs is 1. The lowest BCUT2D eigenvalue weighted by Crippen LogP contribution is -2.21. The number of pyridine rings is 1. The highest BCUT2D eigenvalue weighted by molar-refractivity contribution is 5.80. The Labute approximate surface area is 65.4 Å². The van der Waals surface area contributed by atoms with Gasteiger partial charge in [-0.25, -0.2) is 0 Å². The normalized spacial score (nSPS) is 14.8. The lowest BCUT2D eigenvalue weighted by atomic mass is 10.3. The molecule has 0 fully saturated rings. The zero-order valence-electron chi connectivity index (χ0n) is 6.36. The molecule has 1 aliphatic heterocycles. The summed E-state index contributed by atoms with van der Waals surface area (Å²) in [4.78, 5) is 10.3. The fourth-order valence-corrected chi connectivity index (χ4v) is 1.16. The van der Waals surface area contributed by atoms with Gasteiger partial charge in [0.15, 0.2) is 0 Å². The summed E-state index contributed by atoms with van der Waals surface area (Å²) in [6, 6.07) is 1.98. The second-order valence-corrected chi connectivity index (χ2v) is 2.56. The van der Waals surface area contributed by atoms with Crippen LogP contribution in [0.2, 0.25) is 0 Å². The second-order valence-electron chi connectivity index (χ2n) is 2.56. The van der Waals surface area contributed by atoms with E-state index >= 15 is 0 Å². The zero-order chi connectivity index (χ0) is 7.68. The Morgan fingerprint density at radius 1 is 1.55 bits per heavy atom. The molecule has 0 bridgehead atoms. The Kier molecular flexibility index (Phi) is 1.35. The van der Waals surface area contributed by atoms with Crippen LogP contribution in [0.5, 0.6) is 0 Å². The largest absolute Gasteiger partial charge is 0.367 e. The molecule has 0 radical (unpaired) electrons. The van der Waals surface area contributed by atoms with Crippen molar-refractivity contribution in [2.45, 2.75) is 0 Å². The van der Waals surface area contributed by atoms with Gasteiger partial charge in [0.1, 0.15) is 5.69 Å². The first-order valence-electron chi connectivity index (χ1n) is 3.55. The summed E-state index contributed by atoms with van der Waals surface area (Å²) in [7, 11) is 2.05. The highest BCUT2D eigenvalue weighted by atomic mass is 15.1. The predicted octanol–water partition coefficient (Wildman–Crippen LogP) is 1.23. The van der Waals surface area contributed by atoms with Crippen LogP contribution in [0.3, 0.4) is 0 Å². The zero-order valence-corrected chi connectivity index (χ0v) is 6.36. The quantitative estimate of drug-likeness (QED) is 0.552. The molecule has 2 rings (SSSR count). The van der Waals surface area contributed by atoms with Gasteiger partial charge in [-0.05, 0) is 6.07 Å². The number of hydrogen-bond donors (Lipinski definition) is 0. The number of aliphatic imine (C=N–C) groups is 1. The van der Waals surface area contributed by atoms with Crippen molar-refractivity contribution in [2.75, 3.05) is 18.5 Å². The van der Waals surface area contributed by atoms with E-state index in [2.05, 4.69) is 14.9 Å². The third-order valence-corrected chi connectivity index (χ3v) is 1.77. The van der Waals surface area contributed by atoms with Gasteiger partial charge in [-0.15, -0.1) is 0 Å². The highest BCUT2D eigenvalue weighted by Gasteiger charge is 2.08. The molecular formula is C8H9N3. The fourth-order valence-electron chi connectivity index (χ4n) is 1.16. The summed E-state index contributed by atoms with van der Waals surface area (Å²) in [6.45, 7) is 0.886. The first-order chi connectivity index (χ1) is 5.38. The molecule has 0 amide bonds. The number of rotatable bonds is 0.